The summed E-state index contributed by atoms with van der Waals surface area (Å²) in [4.78, 5) is 39.3. The average Bonchev–Trinajstić information content (AvgIpc) is 2.68. The van der Waals surface area contributed by atoms with Crippen LogP contribution in [0.15, 0.2) is 36.4 Å². The number of carbonyl (C=O) groups excluding carboxylic acids is 3. The number of rotatable bonds is 3. The molecule has 152 valence electrons. The van der Waals surface area contributed by atoms with Crippen LogP contribution in [0, 0.1) is 16.6 Å². The van der Waals surface area contributed by atoms with Gasteiger partial charge in [0.15, 0.2) is 17.3 Å². The summed E-state index contributed by atoms with van der Waals surface area (Å²) in [6.07, 6.45) is 0.621. The summed E-state index contributed by atoms with van der Waals surface area (Å²) in [5, 5.41) is 0.0267. The first-order chi connectivity index (χ1) is 13.4. The minimum absolute atomic E-state index is 0.0267. The molecule has 1 saturated carbocycles. The first-order valence-corrected chi connectivity index (χ1v) is 10.0. The van der Waals surface area contributed by atoms with E-state index in [9.17, 15) is 18.8 Å². The Bertz CT molecular complexity index is 1010. The van der Waals surface area contributed by atoms with Gasteiger partial charge >= 0.3 is 0 Å². The predicted molar refractivity (Wildman–Crippen MR) is 112 cm³/mol. The largest absolute Gasteiger partial charge is 0.298 e. The molecule has 3 nitrogen and oxygen atoms in total. The van der Waals surface area contributed by atoms with Crippen molar-refractivity contribution >= 4 is 29.0 Å². The predicted octanol–water partition coefficient (Wildman–Crippen LogP) is 5.57. The van der Waals surface area contributed by atoms with Crippen LogP contribution in [0.25, 0.3) is 11.1 Å². The van der Waals surface area contributed by atoms with Crippen molar-refractivity contribution in [2.75, 3.05) is 0 Å². The summed E-state index contributed by atoms with van der Waals surface area (Å²) < 4.78 is 14.0. The van der Waals surface area contributed by atoms with Gasteiger partial charge in [0.2, 0.25) is 0 Å². The number of aryl methyl sites for hydroxylation is 1. The quantitative estimate of drug-likeness (QED) is 0.617. The Balaban J connectivity index is 2.20. The third kappa shape index (κ3) is 3.33. The molecule has 0 amide bonds. The van der Waals surface area contributed by atoms with E-state index in [2.05, 4.69) is 0 Å². The van der Waals surface area contributed by atoms with Crippen LogP contribution in [-0.4, -0.2) is 17.3 Å². The van der Waals surface area contributed by atoms with Gasteiger partial charge in [0.25, 0.3) is 0 Å². The molecule has 2 aromatic rings. The molecule has 0 atom stereocenters. The number of halogens is 2. The van der Waals surface area contributed by atoms with Crippen molar-refractivity contribution in [2.45, 2.75) is 47.0 Å². The van der Waals surface area contributed by atoms with Crippen molar-refractivity contribution < 1.29 is 18.8 Å². The second-order valence-corrected chi connectivity index (χ2v) is 9.04. The van der Waals surface area contributed by atoms with E-state index in [1.165, 1.54) is 12.1 Å². The lowest BCUT2D eigenvalue weighted by molar-refractivity contribution is -0.157. The highest BCUT2D eigenvalue weighted by atomic mass is 35.5. The van der Waals surface area contributed by atoms with E-state index < -0.39 is 22.6 Å². The molecule has 0 aromatic heterocycles. The van der Waals surface area contributed by atoms with Gasteiger partial charge < -0.3 is 0 Å². The topological polar surface area (TPSA) is 51.2 Å². The second-order valence-electron chi connectivity index (χ2n) is 8.64. The number of benzene rings is 2. The summed E-state index contributed by atoms with van der Waals surface area (Å²) >= 11 is 5.79. The van der Waals surface area contributed by atoms with Crippen LogP contribution in [0.1, 0.15) is 51.7 Å². The molecule has 0 heterocycles. The third-order valence-corrected chi connectivity index (χ3v) is 6.29. The fraction of sp³-hybridized carbons (Fsp3) is 0.375. The van der Waals surface area contributed by atoms with Crippen LogP contribution in [-0.2, 0) is 20.8 Å². The molecule has 0 saturated heterocycles. The SMILES string of the molecule is CCc1ccc(-c2ccc(Cl)c(F)c2)cc1C1C(=O)C(C)(C)C(=O)C(C)(C)C1=O. The first-order valence-electron chi connectivity index (χ1n) is 9.64. The van der Waals surface area contributed by atoms with Gasteiger partial charge in [0.05, 0.1) is 15.9 Å². The van der Waals surface area contributed by atoms with Gasteiger partial charge in [-0.15, -0.1) is 0 Å². The molecule has 0 bridgehead atoms. The van der Waals surface area contributed by atoms with Crippen LogP contribution < -0.4 is 0 Å². The van der Waals surface area contributed by atoms with Crippen LogP contribution in [0.2, 0.25) is 5.02 Å². The van der Waals surface area contributed by atoms with Crippen LogP contribution >= 0.6 is 11.6 Å². The Kier molecular flexibility index (Phi) is 5.29. The summed E-state index contributed by atoms with van der Waals surface area (Å²) in [5.41, 5.74) is 0.215. The Morgan fingerprint density at radius 3 is 1.93 bits per heavy atom. The van der Waals surface area contributed by atoms with Gasteiger partial charge in [0, 0.05) is 0 Å². The fourth-order valence-electron chi connectivity index (χ4n) is 4.17. The summed E-state index contributed by atoms with van der Waals surface area (Å²) in [5.74, 6) is -2.69. The van der Waals surface area contributed by atoms with E-state index in [1.54, 1.807) is 39.8 Å². The lowest BCUT2D eigenvalue weighted by Crippen LogP contribution is -2.56. The van der Waals surface area contributed by atoms with Crippen LogP contribution in [0.5, 0.6) is 0 Å². The maximum absolute atomic E-state index is 14.0. The minimum Gasteiger partial charge on any atom is -0.298 e. The number of hydrogen-bond acceptors (Lipinski definition) is 3. The van der Waals surface area contributed by atoms with Crippen molar-refractivity contribution in [1.29, 1.82) is 0 Å². The van der Waals surface area contributed by atoms with Crippen LogP contribution in [0.3, 0.4) is 0 Å². The summed E-state index contributed by atoms with van der Waals surface area (Å²) in [6.45, 7) is 8.29. The number of ketones is 3. The third-order valence-electron chi connectivity index (χ3n) is 5.98. The molecule has 1 fully saturated rings. The Labute approximate surface area is 175 Å². The Hall–Kier alpha value is -2.33. The molecule has 0 aliphatic heterocycles. The zero-order valence-corrected chi connectivity index (χ0v) is 18.0. The van der Waals surface area contributed by atoms with Crippen molar-refractivity contribution in [3.05, 3.63) is 58.4 Å². The van der Waals surface area contributed by atoms with Gasteiger partial charge in [-0.1, -0.05) is 36.7 Å². The Morgan fingerprint density at radius 1 is 0.897 bits per heavy atom. The first kappa shape index (κ1) is 21.4. The second kappa shape index (κ2) is 7.17. The highest BCUT2D eigenvalue weighted by molar-refractivity contribution is 6.31. The van der Waals surface area contributed by atoms with Crippen molar-refractivity contribution in [1.82, 2.24) is 0 Å². The summed E-state index contributed by atoms with van der Waals surface area (Å²) in [6, 6.07) is 9.96. The molecule has 0 spiro atoms. The highest BCUT2D eigenvalue weighted by Crippen LogP contribution is 2.46. The molecule has 5 heteroatoms. The molecule has 0 N–H and O–H groups in total. The van der Waals surface area contributed by atoms with Gasteiger partial charge in [-0.05, 0) is 74.6 Å². The van der Waals surface area contributed by atoms with E-state index in [-0.39, 0.29) is 22.4 Å². The van der Waals surface area contributed by atoms with Crippen LogP contribution in [0.4, 0.5) is 4.39 Å². The highest BCUT2D eigenvalue weighted by Gasteiger charge is 2.58. The lowest BCUT2D eigenvalue weighted by atomic mass is 9.57. The normalized spacial score (nSPS) is 18.9. The number of Topliss-reactive ketones (excluding diaryl/α,β-unsaturated/α-hetero) is 3. The maximum Gasteiger partial charge on any atom is 0.160 e. The summed E-state index contributed by atoms with van der Waals surface area (Å²) in [7, 11) is 0. The zero-order valence-electron chi connectivity index (χ0n) is 17.2. The van der Waals surface area contributed by atoms with Gasteiger partial charge in [-0.3, -0.25) is 14.4 Å². The van der Waals surface area contributed by atoms with E-state index >= 15 is 0 Å². The molecule has 1 aliphatic carbocycles. The maximum atomic E-state index is 14.0. The van der Waals surface area contributed by atoms with E-state index in [0.29, 0.717) is 23.1 Å². The molecule has 0 radical (unpaired) electrons. The Morgan fingerprint density at radius 2 is 1.41 bits per heavy atom. The molecule has 3 rings (SSSR count). The average molecular weight is 415 g/mol. The smallest absolute Gasteiger partial charge is 0.160 e. The van der Waals surface area contributed by atoms with E-state index in [4.69, 9.17) is 11.6 Å². The molecule has 0 unspecified atom stereocenters. The van der Waals surface area contributed by atoms with Crippen molar-refractivity contribution in [3.63, 3.8) is 0 Å². The molecule has 29 heavy (non-hydrogen) atoms. The molecular weight excluding hydrogens is 391 g/mol. The monoisotopic (exact) mass is 414 g/mol. The van der Waals surface area contributed by atoms with E-state index in [0.717, 1.165) is 5.56 Å². The number of carbonyl (C=O) groups is 3. The van der Waals surface area contributed by atoms with Crippen molar-refractivity contribution in [3.8, 4) is 11.1 Å². The minimum atomic E-state index is -1.25. The fourth-order valence-corrected chi connectivity index (χ4v) is 4.29. The van der Waals surface area contributed by atoms with Gasteiger partial charge in [-0.25, -0.2) is 4.39 Å². The molecular formula is C24H24ClFO3. The lowest BCUT2D eigenvalue weighted by Gasteiger charge is -2.41. The number of hydrogen-bond donors (Lipinski definition) is 0. The van der Waals surface area contributed by atoms with Gasteiger partial charge in [0.1, 0.15) is 11.7 Å². The van der Waals surface area contributed by atoms with Crippen molar-refractivity contribution in [2.24, 2.45) is 10.8 Å². The molecule has 2 aromatic carbocycles. The standard InChI is InChI=1S/C24H24ClFO3/c1-6-13-7-8-14(15-9-10-17(25)18(26)12-15)11-16(13)19-20(27)23(2,3)22(29)24(4,5)21(19)28/h7-12,19H,6H2,1-5H3. The van der Waals surface area contributed by atoms with E-state index in [1.807, 2.05) is 19.1 Å². The zero-order chi connectivity index (χ0) is 21.7. The van der Waals surface area contributed by atoms with Gasteiger partial charge in [-0.2, -0.15) is 0 Å². The molecule has 1 aliphatic rings.